The number of H-pyrrole nitrogens is 1. The number of aliphatic hydroxyl groups is 3. The van der Waals surface area contributed by atoms with E-state index in [4.69, 9.17) is 4.74 Å². The van der Waals surface area contributed by atoms with Gasteiger partial charge in [0.1, 0.15) is 18.3 Å². The summed E-state index contributed by atoms with van der Waals surface area (Å²) in [5, 5.41) is 29.9. The Bertz CT molecular complexity index is 843. The number of imidazole rings is 1. The van der Waals surface area contributed by atoms with Crippen LogP contribution in [0.15, 0.2) is 11.1 Å². The number of piperidine rings is 1. The molecule has 0 spiro atoms. The lowest BCUT2D eigenvalue weighted by Gasteiger charge is -2.32. The molecular weight excluding hydrogens is 342 g/mol. The molecule has 0 saturated carbocycles. The highest BCUT2D eigenvalue weighted by Gasteiger charge is 2.45. The third-order valence-electron chi connectivity index (χ3n) is 5.30. The van der Waals surface area contributed by atoms with Gasteiger partial charge in [0.05, 0.1) is 12.9 Å². The molecule has 0 radical (unpaired) electrons. The van der Waals surface area contributed by atoms with Crippen LogP contribution in [-0.4, -0.2) is 72.8 Å². The number of aromatic nitrogens is 4. The Morgan fingerprint density at radius 2 is 2.04 bits per heavy atom. The second-order valence-electron chi connectivity index (χ2n) is 7.08. The summed E-state index contributed by atoms with van der Waals surface area (Å²) in [5.74, 6) is 1.09. The number of nitrogens with zero attached hydrogens (tertiary/aromatic N) is 4. The standard InChI is InChI=1S/C16H23N5O5/c1-8-2-4-20(5-3-8)16-19-10-13(17-7-18-14(10)25)21(16)15-12(24)11(23)9(6-22)26-15/h7-9,11-12,15,22-24H,2-6H2,1H3,(H,17,18,25)/t9-,11+,12+,15+/m0/s1. The summed E-state index contributed by atoms with van der Waals surface area (Å²) in [6.07, 6.45) is -1.16. The number of fused-ring (bicyclic) bond motifs is 1. The normalized spacial score (nSPS) is 30.4. The minimum absolute atomic E-state index is 0.152. The van der Waals surface area contributed by atoms with Gasteiger partial charge < -0.3 is 29.9 Å². The van der Waals surface area contributed by atoms with Crippen molar-refractivity contribution in [3.63, 3.8) is 0 Å². The predicted molar refractivity (Wildman–Crippen MR) is 91.8 cm³/mol. The van der Waals surface area contributed by atoms with Crippen molar-refractivity contribution in [2.45, 2.75) is 44.3 Å². The van der Waals surface area contributed by atoms with Crippen LogP contribution in [0, 0.1) is 5.92 Å². The molecule has 2 saturated heterocycles. The van der Waals surface area contributed by atoms with Gasteiger partial charge in [0, 0.05) is 13.1 Å². The lowest BCUT2D eigenvalue weighted by Crippen LogP contribution is -2.37. The lowest BCUT2D eigenvalue weighted by molar-refractivity contribution is -0.0505. The Hall–Kier alpha value is -2.01. The maximum absolute atomic E-state index is 12.2. The molecule has 4 N–H and O–H groups in total. The van der Waals surface area contributed by atoms with Gasteiger partial charge in [0.2, 0.25) is 5.95 Å². The van der Waals surface area contributed by atoms with E-state index in [1.54, 1.807) is 4.57 Å². The SMILES string of the molecule is CC1CCN(c2nc3c(=O)[nH]cnc3n2[C@@H]2O[C@@H](CO)[C@@H](O)[C@H]2O)CC1. The summed E-state index contributed by atoms with van der Waals surface area (Å²) in [4.78, 5) is 25.4. The second-order valence-corrected chi connectivity index (χ2v) is 7.08. The van der Waals surface area contributed by atoms with E-state index in [0.717, 1.165) is 25.9 Å². The average Bonchev–Trinajstić information content (AvgIpc) is 3.15. The average molecular weight is 365 g/mol. The smallest absolute Gasteiger partial charge is 0.278 e. The van der Waals surface area contributed by atoms with Crippen molar-refractivity contribution in [1.29, 1.82) is 0 Å². The Morgan fingerprint density at radius 1 is 1.31 bits per heavy atom. The molecule has 0 aliphatic carbocycles. The number of hydrogen-bond acceptors (Lipinski definition) is 8. The molecule has 4 heterocycles. The molecule has 0 unspecified atom stereocenters. The lowest BCUT2D eigenvalue weighted by atomic mass is 10.00. The van der Waals surface area contributed by atoms with E-state index in [1.165, 1.54) is 6.33 Å². The van der Waals surface area contributed by atoms with Crippen LogP contribution in [0.1, 0.15) is 26.0 Å². The number of hydrogen-bond donors (Lipinski definition) is 4. The van der Waals surface area contributed by atoms with E-state index in [-0.39, 0.29) is 16.7 Å². The van der Waals surface area contributed by atoms with Crippen molar-refractivity contribution in [2.75, 3.05) is 24.6 Å². The first-order valence-corrected chi connectivity index (χ1v) is 8.84. The molecule has 2 aromatic heterocycles. The molecule has 142 valence electrons. The van der Waals surface area contributed by atoms with Crippen LogP contribution in [0.5, 0.6) is 0 Å². The highest BCUT2D eigenvalue weighted by Crippen LogP contribution is 2.35. The largest absolute Gasteiger partial charge is 0.394 e. The van der Waals surface area contributed by atoms with Crippen LogP contribution < -0.4 is 10.5 Å². The van der Waals surface area contributed by atoms with Gasteiger partial charge in [0.25, 0.3) is 5.56 Å². The summed E-state index contributed by atoms with van der Waals surface area (Å²) in [5.41, 5.74) is 0.0446. The molecule has 2 aliphatic rings. The highest BCUT2D eigenvalue weighted by atomic mass is 16.6. The molecule has 26 heavy (non-hydrogen) atoms. The Morgan fingerprint density at radius 3 is 2.69 bits per heavy atom. The summed E-state index contributed by atoms with van der Waals surface area (Å²) >= 11 is 0. The van der Waals surface area contributed by atoms with Crippen molar-refractivity contribution >= 4 is 17.1 Å². The third-order valence-corrected chi connectivity index (χ3v) is 5.30. The van der Waals surface area contributed by atoms with Crippen LogP contribution in [0.4, 0.5) is 5.95 Å². The molecule has 0 bridgehead atoms. The summed E-state index contributed by atoms with van der Waals surface area (Å²) in [6, 6.07) is 0. The van der Waals surface area contributed by atoms with Gasteiger partial charge in [0.15, 0.2) is 17.4 Å². The first kappa shape index (κ1) is 17.4. The van der Waals surface area contributed by atoms with Crippen LogP contribution in [0.25, 0.3) is 11.2 Å². The molecule has 2 aromatic rings. The zero-order valence-electron chi connectivity index (χ0n) is 14.4. The molecule has 0 amide bonds. The van der Waals surface area contributed by atoms with Gasteiger partial charge in [-0.1, -0.05) is 6.92 Å². The van der Waals surface area contributed by atoms with Gasteiger partial charge in [-0.3, -0.25) is 9.36 Å². The van der Waals surface area contributed by atoms with Crippen molar-refractivity contribution in [3.8, 4) is 0 Å². The zero-order valence-corrected chi connectivity index (χ0v) is 14.4. The fraction of sp³-hybridized carbons (Fsp3) is 0.688. The minimum Gasteiger partial charge on any atom is -0.394 e. The zero-order chi connectivity index (χ0) is 18.4. The predicted octanol–water partition coefficient (Wildman–Crippen LogP) is -1.03. The number of anilines is 1. The Labute approximate surface area is 149 Å². The molecule has 10 nitrogen and oxygen atoms in total. The molecule has 10 heteroatoms. The molecule has 4 rings (SSSR count). The summed E-state index contributed by atoms with van der Waals surface area (Å²) in [7, 11) is 0. The maximum atomic E-state index is 12.2. The van der Waals surface area contributed by atoms with Gasteiger partial charge in [-0.05, 0) is 18.8 Å². The highest BCUT2D eigenvalue weighted by molar-refractivity contribution is 5.73. The molecule has 0 aromatic carbocycles. The van der Waals surface area contributed by atoms with E-state index in [0.29, 0.717) is 11.9 Å². The van der Waals surface area contributed by atoms with Crippen molar-refractivity contribution < 1.29 is 20.1 Å². The van der Waals surface area contributed by atoms with Gasteiger partial charge >= 0.3 is 0 Å². The molecule has 2 aliphatic heterocycles. The topological polar surface area (TPSA) is 137 Å². The molecule has 4 atom stereocenters. The monoisotopic (exact) mass is 365 g/mol. The van der Waals surface area contributed by atoms with E-state index in [1.807, 2.05) is 4.90 Å². The number of aliphatic hydroxyl groups excluding tert-OH is 3. The number of rotatable bonds is 3. The van der Waals surface area contributed by atoms with E-state index in [2.05, 4.69) is 21.9 Å². The van der Waals surface area contributed by atoms with E-state index >= 15 is 0 Å². The van der Waals surface area contributed by atoms with Crippen LogP contribution in [-0.2, 0) is 4.74 Å². The fourth-order valence-electron chi connectivity index (χ4n) is 3.67. The van der Waals surface area contributed by atoms with Crippen molar-refractivity contribution in [2.24, 2.45) is 5.92 Å². The minimum atomic E-state index is -1.27. The number of aromatic amines is 1. The van der Waals surface area contributed by atoms with Crippen molar-refractivity contribution in [3.05, 3.63) is 16.7 Å². The third kappa shape index (κ3) is 2.69. The van der Waals surface area contributed by atoms with E-state index < -0.39 is 31.1 Å². The first-order chi connectivity index (χ1) is 12.5. The van der Waals surface area contributed by atoms with Gasteiger partial charge in [-0.15, -0.1) is 0 Å². The van der Waals surface area contributed by atoms with E-state index in [9.17, 15) is 20.1 Å². The quantitative estimate of drug-likeness (QED) is 0.542. The maximum Gasteiger partial charge on any atom is 0.278 e. The van der Waals surface area contributed by atoms with Crippen molar-refractivity contribution in [1.82, 2.24) is 19.5 Å². The molecular formula is C16H23N5O5. The number of ether oxygens (including phenoxy) is 1. The Balaban J connectivity index is 1.83. The number of nitrogens with one attached hydrogen (secondary N) is 1. The van der Waals surface area contributed by atoms with Crippen LogP contribution >= 0.6 is 0 Å². The summed E-state index contributed by atoms with van der Waals surface area (Å²) in [6.45, 7) is 3.29. The Kier molecular flexibility index (Phi) is 4.43. The van der Waals surface area contributed by atoms with Gasteiger partial charge in [-0.25, -0.2) is 9.97 Å². The summed E-state index contributed by atoms with van der Waals surface area (Å²) < 4.78 is 7.23. The fourth-order valence-corrected chi connectivity index (χ4v) is 3.67. The molecule has 2 fully saturated rings. The van der Waals surface area contributed by atoms with Crippen LogP contribution in [0.3, 0.4) is 0 Å². The van der Waals surface area contributed by atoms with Gasteiger partial charge in [-0.2, -0.15) is 0 Å². The second kappa shape index (κ2) is 6.62. The first-order valence-electron chi connectivity index (χ1n) is 8.84. The van der Waals surface area contributed by atoms with Crippen LogP contribution in [0.2, 0.25) is 0 Å².